The Morgan fingerprint density at radius 1 is 1.20 bits per heavy atom. The molecule has 5 rings (SSSR count). The summed E-state index contributed by atoms with van der Waals surface area (Å²) in [4.78, 5) is 15.9. The van der Waals surface area contributed by atoms with E-state index in [2.05, 4.69) is 34.6 Å². The van der Waals surface area contributed by atoms with Crippen LogP contribution in [0.15, 0.2) is 10.7 Å². The van der Waals surface area contributed by atoms with Gasteiger partial charge in [-0.05, 0) is 25.5 Å². The van der Waals surface area contributed by atoms with E-state index in [0.29, 0.717) is 5.92 Å². The summed E-state index contributed by atoms with van der Waals surface area (Å²) < 4.78 is 4.47. The van der Waals surface area contributed by atoms with Crippen molar-refractivity contribution in [1.82, 2.24) is 29.7 Å². The molecule has 25 heavy (non-hydrogen) atoms. The summed E-state index contributed by atoms with van der Waals surface area (Å²) in [7, 11) is 0. The van der Waals surface area contributed by atoms with Gasteiger partial charge in [0.05, 0.1) is 0 Å². The van der Waals surface area contributed by atoms with Crippen LogP contribution < -0.4 is 4.90 Å². The average molecular weight is 374 g/mol. The highest BCUT2D eigenvalue weighted by atomic mass is 32.2. The maximum atomic E-state index is 4.60. The predicted octanol–water partition coefficient (Wildman–Crippen LogP) is 2.73. The van der Waals surface area contributed by atoms with Crippen LogP contribution in [0.5, 0.6) is 0 Å². The number of nitrogens with zero attached hydrogens (tertiary/aromatic N) is 7. The van der Waals surface area contributed by atoms with Gasteiger partial charge in [-0.15, -0.1) is 21.5 Å². The molecule has 0 amide bonds. The monoisotopic (exact) mass is 373 g/mol. The van der Waals surface area contributed by atoms with Crippen LogP contribution in [-0.2, 0) is 13.0 Å². The molecular formula is C16H19N7S2. The topological polar surface area (TPSA) is 72.6 Å². The second kappa shape index (κ2) is 6.21. The zero-order valence-corrected chi connectivity index (χ0v) is 15.7. The molecule has 0 bridgehead atoms. The van der Waals surface area contributed by atoms with Crippen LogP contribution in [0.25, 0.3) is 10.3 Å². The molecule has 2 aliphatic heterocycles. The Bertz CT molecular complexity index is 918. The van der Waals surface area contributed by atoms with Crippen LogP contribution in [0, 0.1) is 0 Å². The number of aromatic nitrogens is 6. The number of thioether (sulfide) groups is 1. The second-order valence-electron chi connectivity index (χ2n) is 6.55. The first-order valence-corrected chi connectivity index (χ1v) is 10.7. The van der Waals surface area contributed by atoms with Gasteiger partial charge in [0.2, 0.25) is 0 Å². The summed E-state index contributed by atoms with van der Waals surface area (Å²) in [5.41, 5.74) is 0.810. The third-order valence-electron chi connectivity index (χ3n) is 5.05. The van der Waals surface area contributed by atoms with E-state index in [0.717, 1.165) is 64.6 Å². The van der Waals surface area contributed by atoms with E-state index in [-0.39, 0.29) is 0 Å². The molecule has 0 aromatic carbocycles. The van der Waals surface area contributed by atoms with Gasteiger partial charge < -0.3 is 9.47 Å². The molecule has 0 N–H and O–H groups in total. The Morgan fingerprint density at radius 2 is 2.16 bits per heavy atom. The van der Waals surface area contributed by atoms with E-state index in [1.807, 2.05) is 6.26 Å². The van der Waals surface area contributed by atoms with Gasteiger partial charge in [-0.1, -0.05) is 11.8 Å². The van der Waals surface area contributed by atoms with Crippen molar-refractivity contribution < 1.29 is 0 Å². The number of hydrogen-bond acceptors (Lipinski definition) is 8. The molecule has 5 heterocycles. The fraction of sp³-hybridized carbons (Fsp3) is 0.562. The molecule has 0 spiro atoms. The molecule has 2 aliphatic rings. The Morgan fingerprint density at radius 3 is 3.08 bits per heavy atom. The lowest BCUT2D eigenvalue weighted by atomic mass is 9.97. The van der Waals surface area contributed by atoms with Crippen molar-refractivity contribution in [3.05, 3.63) is 18.0 Å². The number of hydrogen-bond donors (Lipinski definition) is 0. The van der Waals surface area contributed by atoms with Gasteiger partial charge in [-0.2, -0.15) is 0 Å². The van der Waals surface area contributed by atoms with Crippen molar-refractivity contribution in [2.24, 2.45) is 0 Å². The number of fused-ring (bicyclic) bond motifs is 2. The number of thiazole rings is 1. The van der Waals surface area contributed by atoms with Gasteiger partial charge in [0, 0.05) is 32.0 Å². The summed E-state index contributed by atoms with van der Waals surface area (Å²) in [6, 6.07) is 0. The summed E-state index contributed by atoms with van der Waals surface area (Å²) in [5, 5.41) is 8.90. The summed E-state index contributed by atoms with van der Waals surface area (Å²) in [6.07, 6.45) is 8.26. The Hall–Kier alpha value is -1.74. The van der Waals surface area contributed by atoms with Crippen molar-refractivity contribution in [3.63, 3.8) is 0 Å². The SMILES string of the molecule is CSc1nc2ncnc(N3CCCC(c4nnc5n4CCC5)C3)c2s1. The van der Waals surface area contributed by atoms with Gasteiger partial charge in [0.25, 0.3) is 0 Å². The quantitative estimate of drug-likeness (QED) is 0.654. The molecule has 0 aliphatic carbocycles. The van der Waals surface area contributed by atoms with Gasteiger partial charge in [0.15, 0.2) is 15.8 Å². The normalized spacial score (nSPS) is 20.4. The van der Waals surface area contributed by atoms with E-state index in [4.69, 9.17) is 0 Å². The number of anilines is 1. The molecule has 7 nitrogen and oxygen atoms in total. The zero-order valence-electron chi connectivity index (χ0n) is 14.1. The third-order valence-corrected chi connectivity index (χ3v) is 7.08. The van der Waals surface area contributed by atoms with E-state index in [1.165, 1.54) is 12.8 Å². The highest BCUT2D eigenvalue weighted by Gasteiger charge is 2.30. The highest BCUT2D eigenvalue weighted by Crippen LogP contribution is 2.36. The van der Waals surface area contributed by atoms with Crippen LogP contribution in [-0.4, -0.2) is 49.1 Å². The predicted molar refractivity (Wildman–Crippen MR) is 99.5 cm³/mol. The first-order valence-electron chi connectivity index (χ1n) is 8.66. The molecule has 0 saturated carbocycles. The summed E-state index contributed by atoms with van der Waals surface area (Å²) in [6.45, 7) is 3.03. The lowest BCUT2D eigenvalue weighted by Gasteiger charge is -2.33. The average Bonchev–Trinajstić information content (AvgIpc) is 3.35. The first-order chi connectivity index (χ1) is 12.3. The fourth-order valence-electron chi connectivity index (χ4n) is 3.89. The number of aryl methyl sites for hydroxylation is 1. The lowest BCUT2D eigenvalue weighted by Crippen LogP contribution is -2.36. The van der Waals surface area contributed by atoms with Crippen molar-refractivity contribution in [1.29, 1.82) is 0 Å². The Balaban J connectivity index is 1.47. The molecule has 3 aromatic rings. The van der Waals surface area contributed by atoms with Crippen molar-refractivity contribution in [2.75, 3.05) is 24.2 Å². The number of piperidine rings is 1. The van der Waals surface area contributed by atoms with E-state index >= 15 is 0 Å². The lowest BCUT2D eigenvalue weighted by molar-refractivity contribution is 0.471. The third kappa shape index (κ3) is 2.60. The first kappa shape index (κ1) is 15.5. The van der Waals surface area contributed by atoms with Crippen molar-refractivity contribution >= 4 is 39.3 Å². The van der Waals surface area contributed by atoms with Crippen LogP contribution in [0.3, 0.4) is 0 Å². The van der Waals surface area contributed by atoms with Crippen LogP contribution in [0.1, 0.15) is 36.8 Å². The molecule has 1 fully saturated rings. The largest absolute Gasteiger partial charge is 0.355 e. The Kier molecular flexibility index (Phi) is 3.85. The van der Waals surface area contributed by atoms with E-state index in [9.17, 15) is 0 Å². The molecule has 1 atom stereocenters. The molecule has 130 valence electrons. The minimum absolute atomic E-state index is 0.422. The minimum atomic E-state index is 0.422. The van der Waals surface area contributed by atoms with Gasteiger partial charge in [-0.25, -0.2) is 15.0 Å². The number of rotatable bonds is 3. The van der Waals surface area contributed by atoms with Crippen LogP contribution >= 0.6 is 23.1 Å². The Labute approximate surface area is 153 Å². The molecular weight excluding hydrogens is 354 g/mol. The van der Waals surface area contributed by atoms with Gasteiger partial charge >= 0.3 is 0 Å². The van der Waals surface area contributed by atoms with Crippen molar-refractivity contribution in [3.8, 4) is 0 Å². The molecule has 1 unspecified atom stereocenters. The minimum Gasteiger partial charge on any atom is -0.355 e. The van der Waals surface area contributed by atoms with Crippen LogP contribution in [0.2, 0.25) is 0 Å². The van der Waals surface area contributed by atoms with Gasteiger partial charge in [0.1, 0.15) is 22.7 Å². The summed E-state index contributed by atoms with van der Waals surface area (Å²) >= 11 is 3.35. The van der Waals surface area contributed by atoms with E-state index in [1.54, 1.807) is 29.4 Å². The fourth-order valence-corrected chi connectivity index (χ4v) is 5.42. The summed E-state index contributed by atoms with van der Waals surface area (Å²) in [5.74, 6) is 3.76. The molecule has 9 heteroatoms. The zero-order chi connectivity index (χ0) is 16.8. The van der Waals surface area contributed by atoms with Crippen molar-refractivity contribution in [2.45, 2.75) is 42.5 Å². The smallest absolute Gasteiger partial charge is 0.176 e. The molecule has 1 saturated heterocycles. The molecule has 3 aromatic heterocycles. The molecule has 0 radical (unpaired) electrons. The van der Waals surface area contributed by atoms with E-state index < -0.39 is 0 Å². The maximum Gasteiger partial charge on any atom is 0.176 e. The highest BCUT2D eigenvalue weighted by molar-refractivity contribution is 8.00. The van der Waals surface area contributed by atoms with Crippen LogP contribution in [0.4, 0.5) is 5.82 Å². The second-order valence-corrected chi connectivity index (χ2v) is 8.60. The maximum absolute atomic E-state index is 4.60. The standard InChI is InChI=1S/C16H19N7S2/c1-24-16-19-13-12(25-16)15(18-9-17-13)22-6-2-4-10(8-22)14-21-20-11-5-3-7-23(11)14/h9-10H,2-8H2,1H3. The van der Waals surface area contributed by atoms with Gasteiger partial charge in [-0.3, -0.25) is 0 Å².